The van der Waals surface area contributed by atoms with Crippen LogP contribution in [0.25, 0.3) is 0 Å². The van der Waals surface area contributed by atoms with Crippen LogP contribution in [0.2, 0.25) is 0 Å². The summed E-state index contributed by atoms with van der Waals surface area (Å²) in [7, 11) is -3.80. The van der Waals surface area contributed by atoms with Crippen LogP contribution in [0.5, 0.6) is 5.75 Å². The molecule has 0 aromatic heterocycles. The molecule has 0 radical (unpaired) electrons. The number of carbonyl (C=O) groups is 2. The number of rotatable bonds is 9. The van der Waals surface area contributed by atoms with Gasteiger partial charge in [0.1, 0.15) is 5.75 Å². The molecular weight excluding hydrogens is 474 g/mol. The van der Waals surface area contributed by atoms with Crippen molar-refractivity contribution in [3.05, 3.63) is 83.9 Å². The van der Waals surface area contributed by atoms with Gasteiger partial charge in [0.2, 0.25) is 5.91 Å². The van der Waals surface area contributed by atoms with E-state index in [0.717, 1.165) is 10.5 Å². The number of sulfonamides is 1. The van der Waals surface area contributed by atoms with Crippen molar-refractivity contribution in [3.63, 3.8) is 0 Å². The summed E-state index contributed by atoms with van der Waals surface area (Å²) >= 11 is 1.38. The lowest BCUT2D eigenvalue weighted by Crippen LogP contribution is -2.42. The summed E-state index contributed by atoms with van der Waals surface area (Å²) in [5.41, 5.74) is 6.36. The smallest absolute Gasteiger partial charge is 0.269 e. The van der Waals surface area contributed by atoms with Gasteiger partial charge in [0.25, 0.3) is 15.9 Å². The highest BCUT2D eigenvalue weighted by molar-refractivity contribution is 8.00. The summed E-state index contributed by atoms with van der Waals surface area (Å²) in [5.74, 6) is -0.133. The molecule has 0 saturated heterocycles. The van der Waals surface area contributed by atoms with Gasteiger partial charge in [0, 0.05) is 16.1 Å². The van der Waals surface area contributed by atoms with Crippen LogP contribution in [0.4, 0.5) is 5.69 Å². The molecule has 2 amide bonds. The Labute approximate surface area is 203 Å². The Balaban J connectivity index is 1.51. The number of anilines is 1. The number of benzene rings is 3. The van der Waals surface area contributed by atoms with E-state index in [9.17, 15) is 18.0 Å². The summed E-state index contributed by atoms with van der Waals surface area (Å²) < 4.78 is 32.9. The SMILES string of the molecule is CCOc1ccc(S(=O)(=O)Nc2ccc(C(=O)NNC(=O)CSc3ccccc3C)cc2)cc1. The molecule has 3 rings (SSSR count). The third kappa shape index (κ3) is 7.00. The van der Waals surface area contributed by atoms with Crippen LogP contribution in [-0.4, -0.2) is 32.6 Å². The van der Waals surface area contributed by atoms with Crippen molar-refractivity contribution >= 4 is 39.3 Å². The van der Waals surface area contributed by atoms with E-state index in [-0.39, 0.29) is 22.1 Å². The van der Waals surface area contributed by atoms with Gasteiger partial charge >= 0.3 is 0 Å². The molecule has 8 nitrogen and oxygen atoms in total. The van der Waals surface area contributed by atoms with E-state index in [1.54, 1.807) is 12.1 Å². The second-order valence-corrected chi connectivity index (χ2v) is 9.84. The standard InChI is InChI=1S/C24H25N3O5S2/c1-3-32-20-12-14-21(15-13-20)34(30,31)27-19-10-8-18(9-11-19)24(29)26-25-23(28)16-33-22-7-5-4-6-17(22)2/h4-15,27H,3,16H2,1-2H3,(H,25,28)(H,26,29). The summed E-state index contributed by atoms with van der Waals surface area (Å²) in [4.78, 5) is 25.4. The van der Waals surface area contributed by atoms with E-state index in [2.05, 4.69) is 15.6 Å². The number of amides is 2. The van der Waals surface area contributed by atoms with Crippen LogP contribution in [0.15, 0.2) is 82.6 Å². The molecule has 0 spiro atoms. The number of hydrogen-bond acceptors (Lipinski definition) is 6. The summed E-state index contributed by atoms with van der Waals surface area (Å²) in [6, 6.07) is 19.6. The van der Waals surface area contributed by atoms with E-state index >= 15 is 0 Å². The van der Waals surface area contributed by atoms with Gasteiger partial charge in [-0.05, 0) is 74.0 Å². The van der Waals surface area contributed by atoms with Crippen molar-refractivity contribution in [3.8, 4) is 5.75 Å². The molecule has 0 atom stereocenters. The minimum atomic E-state index is -3.80. The first-order valence-corrected chi connectivity index (χ1v) is 12.9. The van der Waals surface area contributed by atoms with Crippen molar-refractivity contribution in [2.75, 3.05) is 17.1 Å². The Morgan fingerprint density at radius 3 is 2.24 bits per heavy atom. The van der Waals surface area contributed by atoms with E-state index in [1.807, 2.05) is 38.1 Å². The average Bonchev–Trinajstić information content (AvgIpc) is 2.83. The number of carbonyl (C=O) groups excluding carboxylic acids is 2. The van der Waals surface area contributed by atoms with Gasteiger partial charge in [-0.1, -0.05) is 18.2 Å². The van der Waals surface area contributed by atoms with Crippen LogP contribution in [0.1, 0.15) is 22.8 Å². The number of hydrazine groups is 1. The molecule has 3 aromatic carbocycles. The second-order valence-electron chi connectivity index (χ2n) is 7.14. The largest absolute Gasteiger partial charge is 0.494 e. The van der Waals surface area contributed by atoms with E-state index in [1.165, 1.54) is 48.2 Å². The number of ether oxygens (including phenoxy) is 1. The fraction of sp³-hybridized carbons (Fsp3) is 0.167. The van der Waals surface area contributed by atoms with Gasteiger partial charge in [-0.2, -0.15) is 0 Å². The van der Waals surface area contributed by atoms with Gasteiger partial charge < -0.3 is 4.74 Å². The lowest BCUT2D eigenvalue weighted by Gasteiger charge is -2.11. The monoisotopic (exact) mass is 499 g/mol. The first-order chi connectivity index (χ1) is 16.3. The first kappa shape index (κ1) is 25.1. The third-order valence-corrected chi connectivity index (χ3v) is 7.18. The molecule has 0 aliphatic rings. The van der Waals surface area contributed by atoms with Gasteiger partial charge in [0.15, 0.2) is 0 Å². The molecular formula is C24H25N3O5S2. The number of hydrogen-bond donors (Lipinski definition) is 3. The summed E-state index contributed by atoms with van der Waals surface area (Å²) in [5, 5.41) is 0. The van der Waals surface area contributed by atoms with Gasteiger partial charge in [0.05, 0.1) is 17.3 Å². The lowest BCUT2D eigenvalue weighted by atomic mass is 10.2. The molecule has 3 aromatic rings. The zero-order valence-electron chi connectivity index (χ0n) is 18.7. The molecule has 0 fully saturated rings. The predicted molar refractivity (Wildman–Crippen MR) is 132 cm³/mol. The molecule has 0 heterocycles. The maximum absolute atomic E-state index is 12.6. The molecule has 0 bridgehead atoms. The molecule has 10 heteroatoms. The zero-order valence-corrected chi connectivity index (χ0v) is 20.3. The van der Waals surface area contributed by atoms with Gasteiger partial charge in [-0.25, -0.2) is 8.42 Å². The zero-order chi connectivity index (χ0) is 24.6. The first-order valence-electron chi connectivity index (χ1n) is 10.4. The highest BCUT2D eigenvalue weighted by Gasteiger charge is 2.15. The number of aryl methyl sites for hydroxylation is 1. The highest BCUT2D eigenvalue weighted by Crippen LogP contribution is 2.21. The van der Waals surface area contributed by atoms with E-state index in [0.29, 0.717) is 18.0 Å². The Morgan fingerprint density at radius 2 is 1.59 bits per heavy atom. The lowest BCUT2D eigenvalue weighted by molar-refractivity contribution is -0.119. The molecule has 178 valence electrons. The molecule has 0 saturated carbocycles. The van der Waals surface area contributed by atoms with Crippen molar-refractivity contribution in [2.24, 2.45) is 0 Å². The van der Waals surface area contributed by atoms with Crippen LogP contribution >= 0.6 is 11.8 Å². The Bertz CT molecular complexity index is 1240. The fourth-order valence-corrected chi connectivity index (χ4v) is 4.77. The molecule has 0 aliphatic heterocycles. The molecule has 3 N–H and O–H groups in total. The Kier molecular flexibility index (Phi) is 8.55. The minimum Gasteiger partial charge on any atom is -0.494 e. The topological polar surface area (TPSA) is 114 Å². The van der Waals surface area contributed by atoms with Crippen molar-refractivity contribution < 1.29 is 22.7 Å². The quantitative estimate of drug-likeness (QED) is 0.305. The van der Waals surface area contributed by atoms with Crippen LogP contribution in [-0.2, 0) is 14.8 Å². The molecule has 0 aliphatic carbocycles. The van der Waals surface area contributed by atoms with Gasteiger partial charge in [-0.3, -0.25) is 25.2 Å². The molecule has 34 heavy (non-hydrogen) atoms. The number of nitrogens with one attached hydrogen (secondary N) is 3. The van der Waals surface area contributed by atoms with Crippen LogP contribution in [0, 0.1) is 6.92 Å². The van der Waals surface area contributed by atoms with Gasteiger partial charge in [-0.15, -0.1) is 11.8 Å². The van der Waals surface area contributed by atoms with E-state index in [4.69, 9.17) is 4.74 Å². The normalized spacial score (nSPS) is 10.9. The highest BCUT2D eigenvalue weighted by atomic mass is 32.2. The maximum atomic E-state index is 12.6. The minimum absolute atomic E-state index is 0.0871. The fourth-order valence-electron chi connectivity index (χ4n) is 2.88. The number of thioether (sulfide) groups is 1. The Morgan fingerprint density at radius 1 is 0.912 bits per heavy atom. The van der Waals surface area contributed by atoms with Crippen LogP contribution in [0.3, 0.4) is 0 Å². The third-order valence-electron chi connectivity index (χ3n) is 4.61. The Hall–Kier alpha value is -3.50. The average molecular weight is 500 g/mol. The summed E-state index contributed by atoms with van der Waals surface area (Å²) in [6.07, 6.45) is 0. The molecule has 0 unspecified atom stereocenters. The predicted octanol–water partition coefficient (Wildman–Crippen LogP) is 3.75. The van der Waals surface area contributed by atoms with Crippen molar-refractivity contribution in [1.82, 2.24) is 10.9 Å². The van der Waals surface area contributed by atoms with Crippen molar-refractivity contribution in [1.29, 1.82) is 0 Å². The summed E-state index contributed by atoms with van der Waals surface area (Å²) in [6.45, 7) is 4.29. The second kappa shape index (κ2) is 11.6. The van der Waals surface area contributed by atoms with Crippen molar-refractivity contribution in [2.45, 2.75) is 23.6 Å². The maximum Gasteiger partial charge on any atom is 0.269 e. The van der Waals surface area contributed by atoms with Crippen LogP contribution < -0.4 is 20.3 Å². The van der Waals surface area contributed by atoms with E-state index < -0.39 is 15.9 Å².